The fraction of sp³-hybridized carbons (Fsp3) is 0.353. The number of rotatable bonds is 3. The standard InChI is InChI=1S/C17H18FN5O/c1-22-16-13(9-19-22)17(24)21-15(20-16)10-23-8-2-3-14(23)11-4-6-12(18)7-5-11/h4-7,9,14H,2-3,8,10H2,1H3,(H,20,21,24)/t14-/m1/s1. The first kappa shape index (κ1) is 15.0. The van der Waals surface area contributed by atoms with Gasteiger partial charge in [0.25, 0.3) is 5.56 Å². The highest BCUT2D eigenvalue weighted by atomic mass is 19.1. The fourth-order valence-electron chi connectivity index (χ4n) is 3.42. The van der Waals surface area contributed by atoms with E-state index in [0.29, 0.717) is 23.4 Å². The van der Waals surface area contributed by atoms with Crippen LogP contribution in [0.5, 0.6) is 0 Å². The highest BCUT2D eigenvalue weighted by molar-refractivity contribution is 5.72. The van der Waals surface area contributed by atoms with E-state index >= 15 is 0 Å². The number of likely N-dealkylation sites (tertiary alicyclic amines) is 1. The van der Waals surface area contributed by atoms with Gasteiger partial charge in [0.15, 0.2) is 5.65 Å². The Hall–Kier alpha value is -2.54. The molecule has 0 spiro atoms. The summed E-state index contributed by atoms with van der Waals surface area (Å²) >= 11 is 0. The molecule has 3 aromatic rings. The lowest BCUT2D eigenvalue weighted by Gasteiger charge is -2.24. The molecule has 3 heterocycles. The van der Waals surface area contributed by atoms with E-state index in [-0.39, 0.29) is 17.4 Å². The number of fused-ring (bicyclic) bond motifs is 1. The van der Waals surface area contributed by atoms with Crippen LogP contribution in [0.1, 0.15) is 30.3 Å². The largest absolute Gasteiger partial charge is 0.309 e. The van der Waals surface area contributed by atoms with E-state index < -0.39 is 0 Å². The summed E-state index contributed by atoms with van der Waals surface area (Å²) in [6.45, 7) is 1.48. The molecule has 1 atom stereocenters. The minimum atomic E-state index is -0.226. The third kappa shape index (κ3) is 2.60. The summed E-state index contributed by atoms with van der Waals surface area (Å²) in [6.07, 6.45) is 3.62. The van der Waals surface area contributed by atoms with Crippen molar-refractivity contribution in [1.29, 1.82) is 0 Å². The molecular formula is C17H18FN5O. The number of aryl methyl sites for hydroxylation is 1. The van der Waals surface area contributed by atoms with Crippen LogP contribution < -0.4 is 5.56 Å². The van der Waals surface area contributed by atoms with Gasteiger partial charge in [-0.25, -0.2) is 9.37 Å². The molecule has 2 aromatic heterocycles. The van der Waals surface area contributed by atoms with E-state index in [1.807, 2.05) is 12.1 Å². The summed E-state index contributed by atoms with van der Waals surface area (Å²) in [6, 6.07) is 6.87. The fourth-order valence-corrected chi connectivity index (χ4v) is 3.42. The summed E-state index contributed by atoms with van der Waals surface area (Å²) in [4.78, 5) is 21.8. The molecule has 1 saturated heterocycles. The number of nitrogens with one attached hydrogen (secondary N) is 1. The average Bonchev–Trinajstić information content (AvgIpc) is 3.16. The zero-order valence-electron chi connectivity index (χ0n) is 13.4. The maximum atomic E-state index is 13.1. The van der Waals surface area contributed by atoms with Gasteiger partial charge in [0.2, 0.25) is 0 Å². The second kappa shape index (κ2) is 5.83. The van der Waals surface area contributed by atoms with E-state index in [9.17, 15) is 9.18 Å². The molecular weight excluding hydrogens is 309 g/mol. The van der Waals surface area contributed by atoms with Gasteiger partial charge in [0.1, 0.15) is 17.0 Å². The monoisotopic (exact) mass is 327 g/mol. The minimum absolute atomic E-state index is 0.166. The molecule has 0 radical (unpaired) electrons. The number of halogens is 1. The van der Waals surface area contributed by atoms with Crippen molar-refractivity contribution >= 4 is 11.0 Å². The van der Waals surface area contributed by atoms with Crippen LogP contribution in [0.25, 0.3) is 11.0 Å². The summed E-state index contributed by atoms with van der Waals surface area (Å²) in [5.74, 6) is 0.404. The Morgan fingerprint density at radius 1 is 1.33 bits per heavy atom. The third-order valence-corrected chi connectivity index (χ3v) is 4.62. The molecule has 24 heavy (non-hydrogen) atoms. The average molecular weight is 327 g/mol. The normalized spacial score (nSPS) is 18.5. The minimum Gasteiger partial charge on any atom is -0.309 e. The zero-order valence-corrected chi connectivity index (χ0v) is 13.4. The number of nitrogens with zero attached hydrogens (tertiary/aromatic N) is 4. The highest BCUT2D eigenvalue weighted by Crippen LogP contribution is 2.32. The second-order valence-electron chi connectivity index (χ2n) is 6.20. The Kier molecular flexibility index (Phi) is 3.65. The Balaban J connectivity index is 1.63. The number of hydrogen-bond acceptors (Lipinski definition) is 4. The van der Waals surface area contributed by atoms with Crippen molar-refractivity contribution in [1.82, 2.24) is 24.6 Å². The molecule has 0 bridgehead atoms. The van der Waals surface area contributed by atoms with Gasteiger partial charge >= 0.3 is 0 Å². The predicted octanol–water partition coefficient (Wildman–Crippen LogP) is 2.13. The van der Waals surface area contributed by atoms with Crippen LogP contribution in [-0.4, -0.2) is 31.2 Å². The number of hydrogen-bond donors (Lipinski definition) is 1. The number of aromatic amines is 1. The van der Waals surface area contributed by atoms with Gasteiger partial charge in [0.05, 0.1) is 12.7 Å². The smallest absolute Gasteiger partial charge is 0.262 e. The first-order valence-corrected chi connectivity index (χ1v) is 8.02. The maximum Gasteiger partial charge on any atom is 0.262 e. The number of aromatic nitrogens is 4. The van der Waals surface area contributed by atoms with Gasteiger partial charge in [-0.15, -0.1) is 0 Å². The quantitative estimate of drug-likeness (QED) is 0.800. The summed E-state index contributed by atoms with van der Waals surface area (Å²) in [5.41, 5.74) is 1.52. The van der Waals surface area contributed by atoms with Crippen LogP contribution in [0.15, 0.2) is 35.3 Å². The van der Waals surface area contributed by atoms with Crippen molar-refractivity contribution in [3.63, 3.8) is 0 Å². The van der Waals surface area contributed by atoms with Crippen LogP contribution in [0.4, 0.5) is 4.39 Å². The van der Waals surface area contributed by atoms with E-state index in [1.54, 1.807) is 11.7 Å². The van der Waals surface area contributed by atoms with Crippen LogP contribution in [0, 0.1) is 5.82 Å². The molecule has 124 valence electrons. The van der Waals surface area contributed by atoms with Crippen molar-refractivity contribution in [3.05, 3.63) is 58.0 Å². The van der Waals surface area contributed by atoms with Crippen molar-refractivity contribution in [3.8, 4) is 0 Å². The van der Waals surface area contributed by atoms with Gasteiger partial charge in [0, 0.05) is 13.1 Å². The molecule has 1 fully saturated rings. The van der Waals surface area contributed by atoms with Crippen molar-refractivity contribution in [2.45, 2.75) is 25.4 Å². The van der Waals surface area contributed by atoms with Gasteiger partial charge in [-0.1, -0.05) is 12.1 Å². The summed E-state index contributed by atoms with van der Waals surface area (Å²) in [7, 11) is 1.77. The van der Waals surface area contributed by atoms with Gasteiger partial charge in [-0.2, -0.15) is 5.10 Å². The third-order valence-electron chi connectivity index (χ3n) is 4.62. The van der Waals surface area contributed by atoms with Gasteiger partial charge in [-0.3, -0.25) is 14.4 Å². The van der Waals surface area contributed by atoms with E-state index in [0.717, 1.165) is 24.9 Å². The summed E-state index contributed by atoms with van der Waals surface area (Å²) in [5, 5.41) is 4.58. The van der Waals surface area contributed by atoms with Crippen molar-refractivity contribution < 1.29 is 4.39 Å². The highest BCUT2D eigenvalue weighted by Gasteiger charge is 2.26. The van der Waals surface area contributed by atoms with E-state index in [2.05, 4.69) is 20.0 Å². The van der Waals surface area contributed by atoms with Crippen LogP contribution in [0.3, 0.4) is 0 Å². The molecule has 1 aliphatic heterocycles. The Bertz CT molecular complexity index is 930. The van der Waals surface area contributed by atoms with Crippen molar-refractivity contribution in [2.75, 3.05) is 6.54 Å². The molecule has 1 N–H and O–H groups in total. The Labute approximate surface area is 137 Å². The first-order valence-electron chi connectivity index (χ1n) is 8.02. The van der Waals surface area contributed by atoms with E-state index in [1.165, 1.54) is 18.3 Å². The Morgan fingerprint density at radius 2 is 2.12 bits per heavy atom. The van der Waals surface area contributed by atoms with Crippen molar-refractivity contribution in [2.24, 2.45) is 7.05 Å². The molecule has 7 heteroatoms. The van der Waals surface area contributed by atoms with Crippen LogP contribution >= 0.6 is 0 Å². The second-order valence-corrected chi connectivity index (χ2v) is 6.20. The topological polar surface area (TPSA) is 66.8 Å². The summed E-state index contributed by atoms with van der Waals surface area (Å²) < 4.78 is 14.8. The number of benzene rings is 1. The predicted molar refractivity (Wildman–Crippen MR) is 87.9 cm³/mol. The molecule has 0 saturated carbocycles. The maximum absolute atomic E-state index is 13.1. The van der Waals surface area contributed by atoms with Gasteiger partial charge in [-0.05, 0) is 37.1 Å². The molecule has 4 rings (SSSR count). The molecule has 0 unspecified atom stereocenters. The molecule has 0 aliphatic carbocycles. The molecule has 1 aromatic carbocycles. The SMILES string of the molecule is Cn1ncc2c(=O)[nH]c(CN3CCC[C@@H]3c3ccc(F)cc3)nc21. The molecule has 1 aliphatic rings. The first-order chi connectivity index (χ1) is 11.6. The molecule has 0 amide bonds. The lowest BCUT2D eigenvalue weighted by Crippen LogP contribution is -2.25. The number of H-pyrrole nitrogens is 1. The lowest BCUT2D eigenvalue weighted by molar-refractivity contribution is 0.242. The van der Waals surface area contributed by atoms with E-state index in [4.69, 9.17) is 0 Å². The van der Waals surface area contributed by atoms with Crippen LogP contribution in [-0.2, 0) is 13.6 Å². The Morgan fingerprint density at radius 3 is 2.92 bits per heavy atom. The lowest BCUT2D eigenvalue weighted by atomic mass is 10.0. The molecule has 6 nitrogen and oxygen atoms in total. The van der Waals surface area contributed by atoms with Crippen LogP contribution in [0.2, 0.25) is 0 Å². The van der Waals surface area contributed by atoms with Gasteiger partial charge < -0.3 is 4.98 Å². The zero-order chi connectivity index (χ0) is 16.7.